The van der Waals surface area contributed by atoms with Crippen LogP contribution in [0.1, 0.15) is 29.7 Å². The number of methoxy groups -OCH3 is 2. The number of ether oxygens (including phenoxy) is 3. The predicted octanol–water partition coefficient (Wildman–Crippen LogP) is 3.99. The Labute approximate surface area is 173 Å². The summed E-state index contributed by atoms with van der Waals surface area (Å²) in [6.07, 6.45) is 7.17. The lowest BCUT2D eigenvalue weighted by Gasteiger charge is -2.12. The van der Waals surface area contributed by atoms with Crippen molar-refractivity contribution in [3.05, 3.63) is 35.0 Å². The predicted molar refractivity (Wildman–Crippen MR) is 112 cm³/mol. The van der Waals surface area contributed by atoms with Gasteiger partial charge in [-0.15, -0.1) is 11.3 Å². The highest BCUT2D eigenvalue weighted by molar-refractivity contribution is 7.18. The maximum absolute atomic E-state index is 12.5. The minimum atomic E-state index is -0.301. The third-order valence-electron chi connectivity index (χ3n) is 4.99. The van der Waals surface area contributed by atoms with Crippen LogP contribution >= 0.6 is 11.3 Å². The quantitative estimate of drug-likeness (QED) is 0.615. The maximum atomic E-state index is 12.5. The van der Waals surface area contributed by atoms with Gasteiger partial charge in [0.1, 0.15) is 22.7 Å². The van der Waals surface area contributed by atoms with Gasteiger partial charge in [-0.1, -0.05) is 6.42 Å². The SMILES string of the molecule is COc1ccc(OC)c(NC(=O)COc2ncnc3sc4c(c23)CCCCC4)c1. The Morgan fingerprint density at radius 2 is 2.00 bits per heavy atom. The fraction of sp³-hybridized carbons (Fsp3) is 0.381. The Morgan fingerprint density at radius 3 is 2.83 bits per heavy atom. The largest absolute Gasteiger partial charge is 0.497 e. The molecule has 0 aliphatic heterocycles. The van der Waals surface area contributed by atoms with Crippen LogP contribution in [0.25, 0.3) is 10.2 Å². The Kier molecular flexibility index (Phi) is 5.80. The molecule has 0 fully saturated rings. The Hall–Kier alpha value is -2.87. The first kappa shape index (κ1) is 19.4. The molecule has 2 aromatic heterocycles. The number of amides is 1. The second-order valence-electron chi connectivity index (χ2n) is 6.83. The number of anilines is 1. The summed E-state index contributed by atoms with van der Waals surface area (Å²) in [6.45, 7) is -0.156. The van der Waals surface area contributed by atoms with E-state index in [1.807, 2.05) is 0 Å². The van der Waals surface area contributed by atoms with Crippen LogP contribution in [-0.2, 0) is 17.6 Å². The van der Waals surface area contributed by atoms with Gasteiger partial charge in [0, 0.05) is 10.9 Å². The molecule has 7 nitrogen and oxygen atoms in total. The molecule has 0 atom stereocenters. The molecule has 8 heteroatoms. The summed E-state index contributed by atoms with van der Waals surface area (Å²) < 4.78 is 16.3. The Balaban J connectivity index is 1.51. The molecule has 1 N–H and O–H groups in total. The second-order valence-corrected chi connectivity index (χ2v) is 7.91. The van der Waals surface area contributed by atoms with Gasteiger partial charge in [-0.05, 0) is 43.4 Å². The summed E-state index contributed by atoms with van der Waals surface area (Å²) in [6, 6.07) is 5.22. The van der Waals surface area contributed by atoms with E-state index in [1.54, 1.807) is 43.8 Å². The average Bonchev–Trinajstić information content (AvgIpc) is 2.94. The van der Waals surface area contributed by atoms with Crippen molar-refractivity contribution < 1.29 is 19.0 Å². The molecule has 0 saturated heterocycles. The van der Waals surface area contributed by atoms with Gasteiger partial charge in [0.2, 0.25) is 5.88 Å². The van der Waals surface area contributed by atoms with Gasteiger partial charge in [0.05, 0.1) is 25.3 Å². The zero-order chi connectivity index (χ0) is 20.2. The molecule has 29 heavy (non-hydrogen) atoms. The van der Waals surface area contributed by atoms with Gasteiger partial charge in [0.25, 0.3) is 5.91 Å². The lowest BCUT2D eigenvalue weighted by molar-refractivity contribution is -0.118. The molecule has 152 valence electrons. The normalized spacial score (nSPS) is 13.4. The molecule has 0 saturated carbocycles. The molecule has 0 bridgehead atoms. The number of hydrogen-bond donors (Lipinski definition) is 1. The van der Waals surface area contributed by atoms with E-state index in [-0.39, 0.29) is 12.5 Å². The first-order chi connectivity index (χ1) is 14.2. The van der Waals surface area contributed by atoms with Crippen LogP contribution in [0.4, 0.5) is 5.69 Å². The van der Waals surface area contributed by atoms with Crippen LogP contribution in [0, 0.1) is 0 Å². The van der Waals surface area contributed by atoms with Crippen molar-refractivity contribution >= 4 is 33.1 Å². The van der Waals surface area contributed by atoms with E-state index in [9.17, 15) is 4.79 Å². The number of hydrogen-bond acceptors (Lipinski definition) is 7. The molecule has 4 rings (SSSR count). The topological polar surface area (TPSA) is 82.6 Å². The van der Waals surface area contributed by atoms with E-state index in [0.29, 0.717) is 23.1 Å². The third kappa shape index (κ3) is 4.12. The minimum absolute atomic E-state index is 0.156. The fourth-order valence-corrected chi connectivity index (χ4v) is 4.80. The van der Waals surface area contributed by atoms with Crippen LogP contribution in [0.2, 0.25) is 0 Å². The monoisotopic (exact) mass is 413 g/mol. The summed E-state index contributed by atoms with van der Waals surface area (Å²) in [5, 5.41) is 3.77. The number of rotatable bonds is 6. The summed E-state index contributed by atoms with van der Waals surface area (Å²) in [7, 11) is 3.12. The number of thiophene rings is 1. The number of carbonyl (C=O) groups is 1. The summed E-state index contributed by atoms with van der Waals surface area (Å²) in [4.78, 5) is 23.5. The Bertz CT molecular complexity index is 1030. The highest BCUT2D eigenvalue weighted by Crippen LogP contribution is 2.38. The molecule has 0 radical (unpaired) electrons. The van der Waals surface area contributed by atoms with E-state index in [1.165, 1.54) is 29.6 Å². The summed E-state index contributed by atoms with van der Waals surface area (Å²) in [5.41, 5.74) is 1.81. The van der Waals surface area contributed by atoms with E-state index in [2.05, 4.69) is 15.3 Å². The van der Waals surface area contributed by atoms with E-state index in [0.717, 1.165) is 29.5 Å². The zero-order valence-corrected chi connectivity index (χ0v) is 17.3. The van der Waals surface area contributed by atoms with E-state index >= 15 is 0 Å². The number of aromatic nitrogens is 2. The van der Waals surface area contributed by atoms with Crippen molar-refractivity contribution in [1.82, 2.24) is 9.97 Å². The van der Waals surface area contributed by atoms with Crippen molar-refractivity contribution in [2.75, 3.05) is 26.1 Å². The summed E-state index contributed by atoms with van der Waals surface area (Å²) in [5.74, 6) is 1.35. The van der Waals surface area contributed by atoms with Gasteiger partial charge in [-0.2, -0.15) is 0 Å². The fourth-order valence-electron chi connectivity index (χ4n) is 3.58. The number of carbonyl (C=O) groups excluding carboxylic acids is 1. The molecule has 0 unspecified atom stereocenters. The molecule has 1 amide bonds. The first-order valence-electron chi connectivity index (χ1n) is 9.59. The van der Waals surface area contributed by atoms with Gasteiger partial charge >= 0.3 is 0 Å². The van der Waals surface area contributed by atoms with Crippen molar-refractivity contribution in [3.63, 3.8) is 0 Å². The number of nitrogens with zero attached hydrogens (tertiary/aromatic N) is 2. The summed E-state index contributed by atoms with van der Waals surface area (Å²) >= 11 is 1.71. The standard InChI is InChI=1S/C21H23N3O4S/c1-26-13-8-9-16(27-2)15(10-13)24-18(25)11-28-20-19-14-6-4-3-5-7-17(14)29-21(19)23-12-22-20/h8-10,12H,3-7,11H2,1-2H3,(H,24,25). The van der Waals surface area contributed by atoms with Gasteiger partial charge < -0.3 is 19.5 Å². The van der Waals surface area contributed by atoms with Crippen LogP contribution in [0.5, 0.6) is 17.4 Å². The lowest BCUT2D eigenvalue weighted by Crippen LogP contribution is -2.21. The highest BCUT2D eigenvalue weighted by atomic mass is 32.1. The van der Waals surface area contributed by atoms with Gasteiger partial charge in [0.15, 0.2) is 6.61 Å². The molecular weight excluding hydrogens is 390 g/mol. The van der Waals surface area contributed by atoms with Gasteiger partial charge in [-0.3, -0.25) is 4.79 Å². The van der Waals surface area contributed by atoms with Crippen LogP contribution in [0.3, 0.4) is 0 Å². The van der Waals surface area contributed by atoms with E-state index in [4.69, 9.17) is 14.2 Å². The zero-order valence-electron chi connectivity index (χ0n) is 16.5. The van der Waals surface area contributed by atoms with Gasteiger partial charge in [-0.25, -0.2) is 9.97 Å². The minimum Gasteiger partial charge on any atom is -0.497 e. The van der Waals surface area contributed by atoms with Crippen molar-refractivity contribution in [2.24, 2.45) is 0 Å². The highest BCUT2D eigenvalue weighted by Gasteiger charge is 2.20. The molecular formula is C21H23N3O4S. The smallest absolute Gasteiger partial charge is 0.262 e. The lowest BCUT2D eigenvalue weighted by atomic mass is 10.1. The first-order valence-corrected chi connectivity index (χ1v) is 10.4. The second kappa shape index (κ2) is 8.65. The van der Waals surface area contributed by atoms with Crippen LogP contribution < -0.4 is 19.5 Å². The van der Waals surface area contributed by atoms with Crippen LogP contribution in [0.15, 0.2) is 24.5 Å². The van der Waals surface area contributed by atoms with Crippen molar-refractivity contribution in [3.8, 4) is 17.4 Å². The molecule has 1 aromatic carbocycles. The Morgan fingerprint density at radius 1 is 1.14 bits per heavy atom. The van der Waals surface area contributed by atoms with Crippen molar-refractivity contribution in [2.45, 2.75) is 32.1 Å². The maximum Gasteiger partial charge on any atom is 0.262 e. The average molecular weight is 413 g/mol. The number of nitrogens with one attached hydrogen (secondary N) is 1. The molecule has 1 aliphatic carbocycles. The van der Waals surface area contributed by atoms with E-state index < -0.39 is 0 Å². The molecule has 1 aliphatic rings. The third-order valence-corrected chi connectivity index (χ3v) is 6.19. The number of aryl methyl sites for hydroxylation is 2. The molecule has 0 spiro atoms. The number of fused-ring (bicyclic) bond motifs is 3. The van der Waals surface area contributed by atoms with Crippen LogP contribution in [-0.4, -0.2) is 36.7 Å². The van der Waals surface area contributed by atoms with Crippen molar-refractivity contribution in [1.29, 1.82) is 0 Å². The molecule has 3 aromatic rings. The molecule has 2 heterocycles. The number of benzene rings is 1.